The van der Waals surface area contributed by atoms with Crippen molar-refractivity contribution in [1.29, 1.82) is 0 Å². The molecule has 0 rings (SSSR count). The quantitative estimate of drug-likeness (QED) is 0.485. The van der Waals surface area contributed by atoms with E-state index in [4.69, 9.17) is 0 Å². The molecule has 0 atom stereocenters. The molecular weight excluding hydrogens is 332 g/mol. The van der Waals surface area contributed by atoms with Gasteiger partial charge >= 0.3 is 0 Å². The van der Waals surface area contributed by atoms with Crippen molar-refractivity contribution in [2.75, 3.05) is 39.3 Å². The minimum Gasteiger partial charge on any atom is -0.337 e. The Bertz CT molecular complexity index is 290. The third-order valence-corrected chi connectivity index (χ3v) is 23.0. The zero-order chi connectivity index (χ0) is 18.3. The molecule has 0 amide bonds. The third-order valence-electron chi connectivity index (χ3n) is 5.63. The Labute approximate surface area is 151 Å². The summed E-state index contributed by atoms with van der Waals surface area (Å²) in [4.78, 5) is 0. The lowest BCUT2D eigenvalue weighted by molar-refractivity contribution is 0.398. The van der Waals surface area contributed by atoms with Crippen LogP contribution in [0.3, 0.4) is 0 Å². The molecule has 0 saturated carbocycles. The second kappa shape index (κ2) is 10.5. The summed E-state index contributed by atoms with van der Waals surface area (Å²) in [6.07, 6.45) is 0. The summed E-state index contributed by atoms with van der Waals surface area (Å²) < 4.78 is 11.4. The van der Waals surface area contributed by atoms with Crippen LogP contribution in [0, 0.1) is 0 Å². The molecule has 0 spiro atoms. The van der Waals surface area contributed by atoms with Crippen LogP contribution < -0.4 is 0 Å². The lowest BCUT2D eigenvalue weighted by atomic mass is 10.7. The Kier molecular flexibility index (Phi) is 10.7. The minimum absolute atomic E-state index is 0.385. The van der Waals surface area contributed by atoms with Crippen molar-refractivity contribution in [3.63, 3.8) is 0 Å². The van der Waals surface area contributed by atoms with E-state index in [2.05, 4.69) is 85.3 Å². The molecule has 140 valence electrons. The Morgan fingerprint density at radius 2 is 0.870 bits per heavy atom. The first-order chi connectivity index (χ1) is 10.7. The van der Waals surface area contributed by atoms with Crippen molar-refractivity contribution in [2.45, 2.75) is 67.7 Å². The van der Waals surface area contributed by atoms with E-state index in [1.807, 2.05) is 0 Å². The highest BCUT2D eigenvalue weighted by Gasteiger charge is 2.46. The largest absolute Gasteiger partial charge is 0.337 e. The lowest BCUT2D eigenvalue weighted by Gasteiger charge is -2.55. The molecule has 0 aliphatic carbocycles. The lowest BCUT2D eigenvalue weighted by Crippen LogP contribution is -2.76. The number of nitrogens with zero attached hydrogens (tertiary/aromatic N) is 4. The van der Waals surface area contributed by atoms with Crippen molar-refractivity contribution < 1.29 is 0 Å². The standard InChI is InChI=1S/C16H44N4Si3/c1-11-17(12-2)21-20(22(7,8)18(13-3)14-4)23(9,10)19(15-5)16-6/h11-16,21H2,1-10H3. The van der Waals surface area contributed by atoms with Crippen LogP contribution in [-0.4, -0.2) is 83.5 Å². The molecular formula is C16H44N4Si3. The van der Waals surface area contributed by atoms with Crippen LogP contribution in [0.25, 0.3) is 0 Å². The van der Waals surface area contributed by atoms with Crippen molar-refractivity contribution in [3.05, 3.63) is 0 Å². The number of hydrogen-bond acceptors (Lipinski definition) is 4. The molecule has 0 unspecified atom stereocenters. The molecule has 4 nitrogen and oxygen atoms in total. The van der Waals surface area contributed by atoms with E-state index in [1.54, 1.807) is 0 Å². The van der Waals surface area contributed by atoms with E-state index in [1.165, 1.54) is 39.3 Å². The smallest absolute Gasteiger partial charge is 0.188 e. The van der Waals surface area contributed by atoms with E-state index < -0.39 is 16.8 Å². The molecule has 0 N–H and O–H groups in total. The molecule has 0 saturated heterocycles. The van der Waals surface area contributed by atoms with Gasteiger partial charge in [-0.25, -0.2) is 0 Å². The average Bonchev–Trinajstić information content (AvgIpc) is 2.49. The van der Waals surface area contributed by atoms with Crippen molar-refractivity contribution in [1.82, 2.24) is 17.6 Å². The maximum atomic E-state index is 3.10. The highest BCUT2D eigenvalue weighted by atomic mass is 28.5. The van der Waals surface area contributed by atoms with Crippen LogP contribution in [0.5, 0.6) is 0 Å². The fourth-order valence-corrected chi connectivity index (χ4v) is 19.9. The van der Waals surface area contributed by atoms with E-state index in [-0.39, 0.29) is 9.84 Å². The first-order valence-corrected chi connectivity index (χ1v) is 16.7. The molecule has 0 bridgehead atoms. The van der Waals surface area contributed by atoms with Crippen LogP contribution in [0.15, 0.2) is 0 Å². The predicted octanol–water partition coefficient (Wildman–Crippen LogP) is 2.72. The molecule has 0 aromatic carbocycles. The topological polar surface area (TPSA) is 13.0 Å². The van der Waals surface area contributed by atoms with Crippen molar-refractivity contribution in [3.8, 4) is 0 Å². The summed E-state index contributed by atoms with van der Waals surface area (Å²) in [6.45, 7) is 31.5. The maximum absolute atomic E-state index is 3.10. The van der Waals surface area contributed by atoms with Crippen LogP contribution in [0.2, 0.25) is 26.2 Å². The highest BCUT2D eigenvalue weighted by Crippen LogP contribution is 2.25. The van der Waals surface area contributed by atoms with Gasteiger partial charge in [-0.15, -0.1) is 0 Å². The summed E-state index contributed by atoms with van der Waals surface area (Å²) in [6, 6.07) is 0. The van der Waals surface area contributed by atoms with E-state index in [0.29, 0.717) is 0 Å². The number of rotatable bonds is 12. The van der Waals surface area contributed by atoms with Crippen LogP contribution in [-0.2, 0) is 0 Å². The summed E-state index contributed by atoms with van der Waals surface area (Å²) in [5, 5.41) is 0. The molecule has 0 radical (unpaired) electrons. The SMILES string of the molecule is CCN(CC)[SiH2]N([Si](C)(C)N(CC)CC)[Si](C)(C)N(CC)CC. The summed E-state index contributed by atoms with van der Waals surface area (Å²) in [5.41, 5.74) is 0. The maximum Gasteiger partial charge on any atom is 0.188 e. The number of hydrogen-bond donors (Lipinski definition) is 0. The first-order valence-electron chi connectivity index (χ1n) is 9.67. The fourth-order valence-electron chi connectivity index (χ4n) is 3.98. The Hall–Kier alpha value is 0.491. The zero-order valence-electron chi connectivity index (χ0n) is 17.7. The zero-order valence-corrected chi connectivity index (χ0v) is 21.2. The van der Waals surface area contributed by atoms with Gasteiger partial charge < -0.3 is 17.6 Å². The van der Waals surface area contributed by atoms with Gasteiger partial charge in [0.05, 0.1) is 0 Å². The van der Waals surface area contributed by atoms with E-state index >= 15 is 0 Å². The monoisotopic (exact) mass is 376 g/mol. The van der Waals surface area contributed by atoms with Gasteiger partial charge in [-0.05, 0) is 65.5 Å². The van der Waals surface area contributed by atoms with Gasteiger partial charge in [-0.3, -0.25) is 0 Å². The summed E-state index contributed by atoms with van der Waals surface area (Å²) in [5.74, 6) is 0. The van der Waals surface area contributed by atoms with Gasteiger partial charge in [0.2, 0.25) is 0 Å². The molecule has 0 aliphatic rings. The Morgan fingerprint density at radius 3 is 1.09 bits per heavy atom. The third kappa shape index (κ3) is 5.76. The normalized spacial score (nSPS) is 14.3. The van der Waals surface area contributed by atoms with Gasteiger partial charge in [-0.1, -0.05) is 41.5 Å². The molecule has 0 aromatic rings. The van der Waals surface area contributed by atoms with E-state index in [0.717, 1.165) is 0 Å². The van der Waals surface area contributed by atoms with E-state index in [9.17, 15) is 0 Å². The molecule has 23 heavy (non-hydrogen) atoms. The Morgan fingerprint density at radius 1 is 0.565 bits per heavy atom. The molecule has 0 heterocycles. The van der Waals surface area contributed by atoms with Gasteiger partial charge in [-0.2, -0.15) is 0 Å². The summed E-state index contributed by atoms with van der Waals surface area (Å²) in [7, 11) is -3.55. The van der Waals surface area contributed by atoms with Gasteiger partial charge in [0.25, 0.3) is 0 Å². The van der Waals surface area contributed by atoms with Crippen molar-refractivity contribution >= 4 is 26.6 Å². The molecule has 7 heteroatoms. The Balaban J connectivity index is 5.79. The second-order valence-corrected chi connectivity index (χ2v) is 19.1. The average molecular weight is 377 g/mol. The predicted molar refractivity (Wildman–Crippen MR) is 114 cm³/mol. The molecule has 0 fully saturated rings. The fraction of sp³-hybridized carbons (Fsp3) is 1.00. The first kappa shape index (κ1) is 23.5. The molecule has 0 aliphatic heterocycles. The van der Waals surface area contributed by atoms with Crippen LogP contribution >= 0.6 is 0 Å². The second-order valence-electron chi connectivity index (χ2n) is 7.21. The van der Waals surface area contributed by atoms with Gasteiger partial charge in [0.1, 0.15) is 0 Å². The highest BCUT2D eigenvalue weighted by molar-refractivity contribution is 6.94. The summed E-state index contributed by atoms with van der Waals surface area (Å²) >= 11 is 0. The van der Waals surface area contributed by atoms with Gasteiger partial charge in [0.15, 0.2) is 26.6 Å². The minimum atomic E-state index is -1.58. The van der Waals surface area contributed by atoms with Crippen LogP contribution in [0.1, 0.15) is 41.5 Å². The van der Waals surface area contributed by atoms with Gasteiger partial charge in [0, 0.05) is 0 Å². The van der Waals surface area contributed by atoms with Crippen molar-refractivity contribution in [2.24, 2.45) is 0 Å². The van der Waals surface area contributed by atoms with Crippen LogP contribution in [0.4, 0.5) is 0 Å². The molecule has 0 aromatic heterocycles.